The predicted molar refractivity (Wildman–Crippen MR) is 73.2 cm³/mol. The van der Waals surface area contributed by atoms with Crippen molar-refractivity contribution in [1.82, 2.24) is 10.6 Å². The van der Waals surface area contributed by atoms with E-state index in [1.807, 2.05) is 5.32 Å². The highest BCUT2D eigenvalue weighted by molar-refractivity contribution is 9.10. The molecule has 0 saturated carbocycles. The largest absolute Gasteiger partial charge is 0.481 e. The molecule has 0 bridgehead atoms. The van der Waals surface area contributed by atoms with E-state index in [1.54, 1.807) is 0 Å². The fourth-order valence-electron chi connectivity index (χ4n) is 1.14. The number of hydrogen-bond donors (Lipinski definition) is 2. The number of amides is 3. The SMILES string of the molecule is CNC(=O)NC(=O)COC(=O)COc1ccc(F)cc1Br. The Hall–Kier alpha value is -2.16. The van der Waals surface area contributed by atoms with E-state index in [1.165, 1.54) is 25.2 Å². The van der Waals surface area contributed by atoms with Gasteiger partial charge in [-0.3, -0.25) is 10.1 Å². The van der Waals surface area contributed by atoms with Crippen molar-refractivity contribution >= 4 is 33.8 Å². The van der Waals surface area contributed by atoms with Gasteiger partial charge in [0.05, 0.1) is 4.47 Å². The fourth-order valence-corrected chi connectivity index (χ4v) is 1.61. The number of benzene rings is 1. The Morgan fingerprint density at radius 3 is 2.62 bits per heavy atom. The van der Waals surface area contributed by atoms with Gasteiger partial charge < -0.3 is 14.8 Å². The van der Waals surface area contributed by atoms with Crippen LogP contribution in [0.2, 0.25) is 0 Å². The molecule has 0 fully saturated rings. The van der Waals surface area contributed by atoms with Gasteiger partial charge in [-0.05, 0) is 34.1 Å². The lowest BCUT2D eigenvalue weighted by Gasteiger charge is -2.08. The quantitative estimate of drug-likeness (QED) is 0.761. The minimum absolute atomic E-state index is 0.253. The summed E-state index contributed by atoms with van der Waals surface area (Å²) in [5.41, 5.74) is 0. The predicted octanol–water partition coefficient (Wildman–Crippen LogP) is 0.966. The number of carbonyl (C=O) groups is 3. The van der Waals surface area contributed by atoms with Crippen LogP contribution in [0.15, 0.2) is 22.7 Å². The molecule has 21 heavy (non-hydrogen) atoms. The van der Waals surface area contributed by atoms with Crippen molar-refractivity contribution in [2.45, 2.75) is 0 Å². The Labute approximate surface area is 127 Å². The zero-order valence-electron chi connectivity index (χ0n) is 10.9. The number of urea groups is 1. The summed E-state index contributed by atoms with van der Waals surface area (Å²) in [6.07, 6.45) is 0. The Bertz CT molecular complexity index is 552. The molecular weight excluding hydrogens is 351 g/mol. The van der Waals surface area contributed by atoms with Crippen LogP contribution in [0.5, 0.6) is 5.75 Å². The van der Waals surface area contributed by atoms with Crippen LogP contribution in [0, 0.1) is 5.82 Å². The Kier molecular flexibility index (Phi) is 6.60. The Morgan fingerprint density at radius 2 is 2.00 bits per heavy atom. The Morgan fingerprint density at radius 1 is 1.29 bits per heavy atom. The van der Waals surface area contributed by atoms with E-state index in [4.69, 9.17) is 4.74 Å². The molecule has 0 radical (unpaired) electrons. The Balaban J connectivity index is 2.34. The normalized spacial score (nSPS) is 9.67. The zero-order valence-corrected chi connectivity index (χ0v) is 12.5. The summed E-state index contributed by atoms with van der Waals surface area (Å²) in [5, 5.41) is 4.09. The second-order valence-corrected chi connectivity index (χ2v) is 4.51. The minimum Gasteiger partial charge on any atom is -0.481 e. The van der Waals surface area contributed by atoms with Crippen molar-refractivity contribution in [2.75, 3.05) is 20.3 Å². The minimum atomic E-state index is -0.807. The molecule has 0 unspecified atom stereocenters. The van der Waals surface area contributed by atoms with Crippen LogP contribution >= 0.6 is 15.9 Å². The highest BCUT2D eigenvalue weighted by Crippen LogP contribution is 2.25. The van der Waals surface area contributed by atoms with Crippen LogP contribution in [0.25, 0.3) is 0 Å². The van der Waals surface area contributed by atoms with E-state index < -0.39 is 36.9 Å². The molecule has 7 nitrogen and oxygen atoms in total. The van der Waals surface area contributed by atoms with Crippen molar-refractivity contribution in [3.8, 4) is 5.75 Å². The van der Waals surface area contributed by atoms with Gasteiger partial charge in [-0.2, -0.15) is 0 Å². The maximum atomic E-state index is 12.8. The molecule has 0 spiro atoms. The van der Waals surface area contributed by atoms with Gasteiger partial charge in [0.2, 0.25) is 0 Å². The number of esters is 1. The summed E-state index contributed by atoms with van der Waals surface area (Å²) in [5.74, 6) is -1.78. The van der Waals surface area contributed by atoms with Crippen molar-refractivity contribution in [2.24, 2.45) is 0 Å². The first-order valence-electron chi connectivity index (χ1n) is 5.67. The molecule has 1 aromatic rings. The van der Waals surface area contributed by atoms with Crippen molar-refractivity contribution in [1.29, 1.82) is 0 Å². The monoisotopic (exact) mass is 362 g/mol. The second kappa shape index (κ2) is 8.20. The third-order valence-corrected chi connectivity index (χ3v) is 2.70. The molecule has 0 aromatic heterocycles. The van der Waals surface area contributed by atoms with Crippen LogP contribution in [-0.2, 0) is 14.3 Å². The molecule has 0 aliphatic carbocycles. The van der Waals surface area contributed by atoms with E-state index in [9.17, 15) is 18.8 Å². The van der Waals surface area contributed by atoms with E-state index in [-0.39, 0.29) is 5.75 Å². The number of rotatable bonds is 5. The maximum absolute atomic E-state index is 12.8. The first-order valence-corrected chi connectivity index (χ1v) is 6.46. The van der Waals surface area contributed by atoms with Crippen LogP contribution in [0.3, 0.4) is 0 Å². The second-order valence-electron chi connectivity index (χ2n) is 3.65. The van der Waals surface area contributed by atoms with E-state index >= 15 is 0 Å². The van der Waals surface area contributed by atoms with Crippen molar-refractivity contribution in [3.05, 3.63) is 28.5 Å². The molecule has 114 valence electrons. The summed E-state index contributed by atoms with van der Waals surface area (Å²) in [4.78, 5) is 33.3. The van der Waals surface area contributed by atoms with Crippen molar-refractivity contribution < 1.29 is 28.2 Å². The molecule has 3 amide bonds. The van der Waals surface area contributed by atoms with Gasteiger partial charge in [0.25, 0.3) is 5.91 Å². The average molecular weight is 363 g/mol. The first-order chi connectivity index (χ1) is 9.92. The molecule has 0 atom stereocenters. The van der Waals surface area contributed by atoms with Crippen LogP contribution in [0.4, 0.5) is 9.18 Å². The third-order valence-electron chi connectivity index (χ3n) is 2.08. The van der Waals surface area contributed by atoms with Gasteiger partial charge in [0, 0.05) is 7.05 Å². The smallest absolute Gasteiger partial charge is 0.344 e. The molecule has 0 aliphatic heterocycles. The van der Waals surface area contributed by atoms with Gasteiger partial charge in [0.1, 0.15) is 11.6 Å². The van der Waals surface area contributed by atoms with Crippen LogP contribution < -0.4 is 15.4 Å². The van der Waals surface area contributed by atoms with Crippen LogP contribution in [-0.4, -0.2) is 38.2 Å². The highest BCUT2D eigenvalue weighted by atomic mass is 79.9. The number of hydrogen-bond acceptors (Lipinski definition) is 5. The third kappa shape index (κ3) is 6.21. The van der Waals surface area contributed by atoms with Gasteiger partial charge in [-0.15, -0.1) is 0 Å². The molecule has 1 rings (SSSR count). The van der Waals surface area contributed by atoms with Gasteiger partial charge in [-0.25, -0.2) is 14.0 Å². The molecule has 9 heteroatoms. The number of imide groups is 1. The number of nitrogens with one attached hydrogen (secondary N) is 2. The summed E-state index contributed by atoms with van der Waals surface area (Å²) in [7, 11) is 1.34. The topological polar surface area (TPSA) is 93.7 Å². The summed E-state index contributed by atoms with van der Waals surface area (Å²) in [6, 6.07) is 2.98. The summed E-state index contributed by atoms with van der Waals surface area (Å²) >= 11 is 3.07. The highest BCUT2D eigenvalue weighted by Gasteiger charge is 2.11. The molecule has 0 aliphatic rings. The molecule has 0 heterocycles. The first kappa shape index (κ1) is 16.9. The average Bonchev–Trinajstić information content (AvgIpc) is 2.44. The fraction of sp³-hybridized carbons (Fsp3) is 0.250. The molecule has 1 aromatic carbocycles. The van der Waals surface area contributed by atoms with Gasteiger partial charge >= 0.3 is 12.0 Å². The van der Waals surface area contributed by atoms with Crippen LogP contribution in [0.1, 0.15) is 0 Å². The number of ether oxygens (including phenoxy) is 2. The molecule has 2 N–H and O–H groups in total. The summed E-state index contributed by atoms with van der Waals surface area (Å²) in [6.45, 7) is -1.07. The maximum Gasteiger partial charge on any atom is 0.344 e. The van der Waals surface area contributed by atoms with Gasteiger partial charge in [-0.1, -0.05) is 0 Å². The lowest BCUT2D eigenvalue weighted by atomic mass is 10.3. The number of halogens is 2. The lowest BCUT2D eigenvalue weighted by molar-refractivity contribution is -0.150. The molecule has 0 saturated heterocycles. The van der Waals surface area contributed by atoms with E-state index in [0.29, 0.717) is 4.47 Å². The van der Waals surface area contributed by atoms with E-state index in [2.05, 4.69) is 26.0 Å². The number of carbonyl (C=O) groups excluding carboxylic acids is 3. The zero-order chi connectivity index (χ0) is 15.8. The standard InChI is InChI=1S/C12H12BrFN2O5/c1-15-12(19)16-10(17)5-21-11(18)6-20-9-3-2-7(14)4-8(9)13/h2-4H,5-6H2,1H3,(H2,15,16,17,19). The van der Waals surface area contributed by atoms with E-state index in [0.717, 1.165) is 0 Å². The summed E-state index contributed by atoms with van der Waals surface area (Å²) < 4.78 is 22.9. The van der Waals surface area contributed by atoms with Gasteiger partial charge in [0.15, 0.2) is 13.2 Å². The lowest BCUT2D eigenvalue weighted by Crippen LogP contribution is -2.40. The van der Waals surface area contributed by atoms with Crippen molar-refractivity contribution in [3.63, 3.8) is 0 Å². The molecular formula is C12H12BrFN2O5.